The van der Waals surface area contributed by atoms with Gasteiger partial charge in [-0.1, -0.05) is 6.07 Å². The van der Waals surface area contributed by atoms with Gasteiger partial charge in [-0.05, 0) is 19.9 Å². The monoisotopic (exact) mass is 339 g/mol. The number of nitrogens with zero attached hydrogens (tertiary/aromatic N) is 4. The molecule has 0 aliphatic heterocycles. The molecule has 0 aliphatic carbocycles. The van der Waals surface area contributed by atoms with Crippen LogP contribution < -0.4 is 5.32 Å². The summed E-state index contributed by atoms with van der Waals surface area (Å²) in [5.41, 5.74) is 3.97. The van der Waals surface area contributed by atoms with Crippen LogP contribution in [-0.4, -0.2) is 19.9 Å². The molecule has 0 aliphatic rings. The van der Waals surface area contributed by atoms with Crippen LogP contribution in [0.25, 0.3) is 21.3 Å². The first-order chi connectivity index (χ1) is 11.2. The second kappa shape index (κ2) is 5.68. The molecule has 4 heterocycles. The molecule has 0 aromatic carbocycles. The smallest absolute Gasteiger partial charge is 0.188 e. The molecule has 0 amide bonds. The van der Waals surface area contributed by atoms with E-state index in [2.05, 4.69) is 25.3 Å². The summed E-state index contributed by atoms with van der Waals surface area (Å²) in [6.45, 7) is 3.98. The number of anilines is 2. The Bertz CT molecular complexity index is 975. The summed E-state index contributed by atoms with van der Waals surface area (Å²) in [4.78, 5) is 17.9. The lowest BCUT2D eigenvalue weighted by molar-refractivity contribution is 1.24. The van der Waals surface area contributed by atoms with Crippen LogP contribution in [0.4, 0.5) is 10.9 Å². The third-order valence-corrected chi connectivity index (χ3v) is 5.22. The van der Waals surface area contributed by atoms with Gasteiger partial charge in [0.1, 0.15) is 5.52 Å². The molecular formula is C16H13N5S2. The Labute approximate surface area is 141 Å². The van der Waals surface area contributed by atoms with Crippen molar-refractivity contribution in [1.82, 2.24) is 19.9 Å². The minimum atomic E-state index is 0.742. The summed E-state index contributed by atoms with van der Waals surface area (Å²) in [7, 11) is 0. The summed E-state index contributed by atoms with van der Waals surface area (Å²) in [5, 5.41) is 7.13. The van der Waals surface area contributed by atoms with E-state index in [1.165, 1.54) is 0 Å². The fourth-order valence-electron chi connectivity index (χ4n) is 2.35. The zero-order chi connectivity index (χ0) is 15.8. The summed E-state index contributed by atoms with van der Waals surface area (Å²) < 4.78 is 1.11. The van der Waals surface area contributed by atoms with Crippen LogP contribution in [0, 0.1) is 13.8 Å². The Morgan fingerprint density at radius 2 is 2.04 bits per heavy atom. The summed E-state index contributed by atoms with van der Waals surface area (Å²) in [6.07, 6.45) is 5.50. The minimum absolute atomic E-state index is 0.742. The zero-order valence-electron chi connectivity index (χ0n) is 12.6. The highest BCUT2D eigenvalue weighted by molar-refractivity contribution is 7.19. The van der Waals surface area contributed by atoms with E-state index in [0.29, 0.717) is 0 Å². The van der Waals surface area contributed by atoms with E-state index < -0.39 is 0 Å². The van der Waals surface area contributed by atoms with Gasteiger partial charge >= 0.3 is 0 Å². The second-order valence-corrected chi connectivity index (χ2v) is 7.15. The topological polar surface area (TPSA) is 63.6 Å². The Kier molecular flexibility index (Phi) is 3.51. The van der Waals surface area contributed by atoms with Gasteiger partial charge in [-0.3, -0.25) is 4.98 Å². The number of thiazole rings is 2. The summed E-state index contributed by atoms with van der Waals surface area (Å²) >= 11 is 3.23. The molecule has 4 aromatic rings. The van der Waals surface area contributed by atoms with E-state index in [9.17, 15) is 0 Å². The maximum Gasteiger partial charge on any atom is 0.188 e. The molecule has 0 atom stereocenters. The zero-order valence-corrected chi connectivity index (χ0v) is 14.2. The molecule has 1 N–H and O–H groups in total. The van der Waals surface area contributed by atoms with Crippen molar-refractivity contribution in [1.29, 1.82) is 0 Å². The van der Waals surface area contributed by atoms with Crippen molar-refractivity contribution in [2.45, 2.75) is 13.8 Å². The molecule has 0 bridgehead atoms. The van der Waals surface area contributed by atoms with Crippen LogP contribution in [0.1, 0.15) is 10.7 Å². The minimum Gasteiger partial charge on any atom is -0.314 e. The van der Waals surface area contributed by atoms with Crippen molar-refractivity contribution in [2.75, 3.05) is 5.32 Å². The molecule has 0 unspecified atom stereocenters. The Balaban J connectivity index is 1.85. The normalized spacial score (nSPS) is 11.0. The number of aryl methyl sites for hydroxylation is 2. The van der Waals surface area contributed by atoms with Crippen LogP contribution in [0.15, 0.2) is 36.1 Å². The van der Waals surface area contributed by atoms with Crippen LogP contribution in [0.5, 0.6) is 0 Å². The van der Waals surface area contributed by atoms with E-state index >= 15 is 0 Å². The van der Waals surface area contributed by atoms with E-state index in [-0.39, 0.29) is 0 Å². The number of aromatic nitrogens is 4. The van der Waals surface area contributed by atoms with Gasteiger partial charge in [-0.2, -0.15) is 0 Å². The molecule has 0 fully saturated rings. The van der Waals surface area contributed by atoms with Gasteiger partial charge in [0.15, 0.2) is 10.9 Å². The molecule has 4 rings (SSSR count). The molecule has 0 spiro atoms. The lowest BCUT2D eigenvalue weighted by Gasteiger charge is -2.06. The van der Waals surface area contributed by atoms with Crippen molar-refractivity contribution in [3.05, 3.63) is 46.8 Å². The van der Waals surface area contributed by atoms with Crippen LogP contribution >= 0.6 is 22.7 Å². The third-order valence-electron chi connectivity index (χ3n) is 3.34. The molecule has 114 valence electrons. The molecule has 0 saturated carbocycles. The summed E-state index contributed by atoms with van der Waals surface area (Å²) in [5.74, 6) is 0.742. The van der Waals surface area contributed by atoms with Gasteiger partial charge in [-0.15, -0.1) is 22.7 Å². The molecule has 7 heteroatoms. The largest absolute Gasteiger partial charge is 0.314 e. The number of fused-ring (bicyclic) bond motifs is 1. The maximum absolute atomic E-state index is 4.65. The average molecular weight is 339 g/mol. The lowest BCUT2D eigenvalue weighted by Crippen LogP contribution is -1.95. The molecule has 0 saturated heterocycles. The first kappa shape index (κ1) is 14.2. The fraction of sp³-hybridized carbons (Fsp3) is 0.125. The highest BCUT2D eigenvalue weighted by Crippen LogP contribution is 2.36. The maximum atomic E-state index is 4.65. The van der Waals surface area contributed by atoms with E-state index in [0.717, 1.165) is 43.0 Å². The van der Waals surface area contributed by atoms with Gasteiger partial charge in [0.05, 0.1) is 15.4 Å². The first-order valence-electron chi connectivity index (χ1n) is 7.06. The van der Waals surface area contributed by atoms with Gasteiger partial charge < -0.3 is 5.32 Å². The van der Waals surface area contributed by atoms with Crippen LogP contribution in [0.2, 0.25) is 0 Å². The van der Waals surface area contributed by atoms with Gasteiger partial charge in [0.2, 0.25) is 0 Å². The number of hydrogen-bond acceptors (Lipinski definition) is 7. The van der Waals surface area contributed by atoms with Crippen molar-refractivity contribution in [2.24, 2.45) is 0 Å². The van der Waals surface area contributed by atoms with E-state index in [4.69, 9.17) is 0 Å². The molecule has 5 nitrogen and oxygen atoms in total. The average Bonchev–Trinajstić information content (AvgIpc) is 3.14. The standard InChI is InChI=1S/C16H13N5S2/c1-9-8-22-16(19-9)21-15-13-14(23-10(2)20-13)12(7-18-15)11-4-3-5-17-6-11/h3-8H,1-2H3,(H,18,19,21). The third kappa shape index (κ3) is 2.69. The van der Waals surface area contributed by atoms with Crippen molar-refractivity contribution >= 4 is 43.8 Å². The number of rotatable bonds is 3. The number of nitrogens with one attached hydrogen (secondary N) is 1. The SMILES string of the molecule is Cc1csc(Nc2ncc(-c3cccnc3)c3sc(C)nc23)n1. The fourth-order valence-corrected chi connectivity index (χ4v) is 3.99. The molecular weight excluding hydrogens is 326 g/mol. The quantitative estimate of drug-likeness (QED) is 0.592. The Hall–Kier alpha value is -2.38. The van der Waals surface area contributed by atoms with Gasteiger partial charge in [0.25, 0.3) is 0 Å². The van der Waals surface area contributed by atoms with Crippen molar-refractivity contribution in [3.63, 3.8) is 0 Å². The van der Waals surface area contributed by atoms with Crippen molar-refractivity contribution in [3.8, 4) is 11.1 Å². The molecule has 0 radical (unpaired) electrons. The van der Waals surface area contributed by atoms with Crippen LogP contribution in [0.3, 0.4) is 0 Å². The predicted molar refractivity (Wildman–Crippen MR) is 95.5 cm³/mol. The Morgan fingerprint density at radius 3 is 2.78 bits per heavy atom. The number of hydrogen-bond donors (Lipinski definition) is 1. The predicted octanol–water partition coefficient (Wildman–Crippen LogP) is 4.57. The van der Waals surface area contributed by atoms with E-state index in [1.807, 2.05) is 43.8 Å². The lowest BCUT2D eigenvalue weighted by atomic mass is 10.1. The Morgan fingerprint density at radius 1 is 1.13 bits per heavy atom. The highest BCUT2D eigenvalue weighted by atomic mass is 32.1. The first-order valence-corrected chi connectivity index (χ1v) is 8.76. The highest BCUT2D eigenvalue weighted by Gasteiger charge is 2.14. The summed E-state index contributed by atoms with van der Waals surface area (Å²) in [6, 6.07) is 3.97. The van der Waals surface area contributed by atoms with Crippen molar-refractivity contribution < 1.29 is 0 Å². The van der Waals surface area contributed by atoms with Gasteiger partial charge in [0, 0.05) is 35.1 Å². The molecule has 4 aromatic heterocycles. The van der Waals surface area contributed by atoms with E-state index in [1.54, 1.807) is 28.9 Å². The molecule has 23 heavy (non-hydrogen) atoms. The van der Waals surface area contributed by atoms with Gasteiger partial charge in [-0.25, -0.2) is 15.0 Å². The van der Waals surface area contributed by atoms with Crippen LogP contribution in [-0.2, 0) is 0 Å². The number of pyridine rings is 2. The second-order valence-electron chi connectivity index (χ2n) is 5.09.